The summed E-state index contributed by atoms with van der Waals surface area (Å²) in [5.41, 5.74) is 5.25. The van der Waals surface area contributed by atoms with Crippen molar-refractivity contribution in [1.82, 2.24) is 24.9 Å². The maximum atomic E-state index is 15.7. The highest BCUT2D eigenvalue weighted by Crippen LogP contribution is 2.47. The van der Waals surface area contributed by atoms with Crippen LogP contribution in [0.3, 0.4) is 0 Å². The number of likely N-dealkylation sites (N-methyl/N-ethyl adjacent to an activating group) is 1. The number of anilines is 3. The van der Waals surface area contributed by atoms with Gasteiger partial charge in [-0.25, -0.2) is 8.78 Å². The molecular weight excluding hydrogens is 488 g/mol. The van der Waals surface area contributed by atoms with E-state index in [1.54, 1.807) is 30.2 Å². The van der Waals surface area contributed by atoms with Gasteiger partial charge in [0, 0.05) is 94.9 Å². The van der Waals surface area contributed by atoms with Crippen LogP contribution in [0, 0.1) is 0 Å². The van der Waals surface area contributed by atoms with Crippen molar-refractivity contribution in [3.05, 3.63) is 54.0 Å². The minimum absolute atomic E-state index is 0.0136. The molecule has 0 unspecified atom stereocenters. The number of ether oxygens (including phenoxy) is 1. The van der Waals surface area contributed by atoms with Crippen molar-refractivity contribution >= 4 is 17.2 Å². The van der Waals surface area contributed by atoms with Gasteiger partial charge >= 0.3 is 0 Å². The Balaban J connectivity index is 1.51. The van der Waals surface area contributed by atoms with Gasteiger partial charge < -0.3 is 19.9 Å². The monoisotopic (exact) mass is 523 g/mol. The Morgan fingerprint density at radius 3 is 2.74 bits per heavy atom. The second-order valence-corrected chi connectivity index (χ2v) is 10.5. The molecule has 10 heteroatoms. The highest BCUT2D eigenvalue weighted by molar-refractivity contribution is 5.86. The number of aryl methyl sites for hydroxylation is 1. The van der Waals surface area contributed by atoms with Gasteiger partial charge in [0.15, 0.2) is 5.82 Å². The van der Waals surface area contributed by atoms with Crippen LogP contribution in [0.5, 0.6) is 0 Å². The molecule has 0 atom stereocenters. The first kappa shape index (κ1) is 25.1. The Morgan fingerprint density at radius 1 is 1.18 bits per heavy atom. The van der Waals surface area contributed by atoms with Crippen molar-refractivity contribution in [2.45, 2.75) is 44.2 Å². The molecule has 0 saturated carbocycles. The number of allylic oxidation sites excluding steroid dienone is 1. The largest absolute Gasteiger partial charge is 0.381 e. The minimum atomic E-state index is -3.08. The predicted molar refractivity (Wildman–Crippen MR) is 144 cm³/mol. The summed E-state index contributed by atoms with van der Waals surface area (Å²) in [6.45, 7) is 8.13. The number of benzene rings is 1. The van der Waals surface area contributed by atoms with Crippen LogP contribution in [0.1, 0.15) is 42.1 Å². The number of hydrogen-bond acceptors (Lipinski definition) is 6. The fraction of sp³-hybridized carbons (Fsp3) is 0.500. The van der Waals surface area contributed by atoms with E-state index in [-0.39, 0.29) is 5.56 Å². The number of fused-ring (bicyclic) bond motifs is 2. The lowest BCUT2D eigenvalue weighted by molar-refractivity contribution is -0.000205. The summed E-state index contributed by atoms with van der Waals surface area (Å²) in [6.07, 6.45) is 7.06. The first-order chi connectivity index (χ1) is 18.4. The third kappa shape index (κ3) is 4.29. The van der Waals surface area contributed by atoms with E-state index < -0.39 is 12.3 Å². The van der Waals surface area contributed by atoms with Crippen LogP contribution in [-0.2, 0) is 30.7 Å². The maximum Gasteiger partial charge on any atom is 0.277 e. The topological polar surface area (TPSA) is 63.4 Å². The number of hydrogen-bond donors (Lipinski definition) is 1. The van der Waals surface area contributed by atoms with Crippen LogP contribution < -0.4 is 15.1 Å². The predicted octanol–water partition coefficient (Wildman–Crippen LogP) is 4.54. The van der Waals surface area contributed by atoms with Gasteiger partial charge in [0.2, 0.25) is 0 Å². The zero-order valence-electron chi connectivity index (χ0n) is 22.1. The Bertz CT molecular complexity index is 1340. The molecule has 0 amide bonds. The lowest BCUT2D eigenvalue weighted by Gasteiger charge is -2.38. The summed E-state index contributed by atoms with van der Waals surface area (Å²) >= 11 is 0. The third-order valence-corrected chi connectivity index (χ3v) is 8.02. The molecule has 202 valence electrons. The van der Waals surface area contributed by atoms with Gasteiger partial charge in [-0.1, -0.05) is 6.08 Å². The number of nitrogens with one attached hydrogen (secondary N) is 1. The smallest absolute Gasteiger partial charge is 0.277 e. The van der Waals surface area contributed by atoms with E-state index in [2.05, 4.69) is 31.5 Å². The Morgan fingerprint density at radius 2 is 2.00 bits per heavy atom. The van der Waals surface area contributed by atoms with Crippen LogP contribution >= 0.6 is 0 Å². The summed E-state index contributed by atoms with van der Waals surface area (Å²) in [6, 6.07) is 3.87. The van der Waals surface area contributed by atoms with Crippen LogP contribution in [0.4, 0.5) is 26.0 Å². The van der Waals surface area contributed by atoms with Crippen LogP contribution in [0.2, 0.25) is 0 Å². The molecule has 3 aliphatic rings. The van der Waals surface area contributed by atoms with Crippen molar-refractivity contribution < 1.29 is 13.5 Å². The molecule has 0 spiro atoms. The van der Waals surface area contributed by atoms with E-state index >= 15 is 8.78 Å². The second-order valence-electron chi connectivity index (χ2n) is 10.5. The van der Waals surface area contributed by atoms with Crippen molar-refractivity contribution in [2.24, 2.45) is 7.05 Å². The lowest BCUT2D eigenvalue weighted by atomic mass is 9.92. The molecule has 5 heterocycles. The first-order valence-electron chi connectivity index (χ1n) is 13.4. The average Bonchev–Trinajstić information content (AvgIpc) is 3.53. The third-order valence-electron chi connectivity index (χ3n) is 8.02. The van der Waals surface area contributed by atoms with Gasteiger partial charge in [-0.15, -0.1) is 6.58 Å². The number of alkyl halides is 2. The molecule has 38 heavy (non-hydrogen) atoms. The van der Waals surface area contributed by atoms with E-state index in [4.69, 9.17) is 9.84 Å². The molecule has 0 aliphatic carbocycles. The van der Waals surface area contributed by atoms with Gasteiger partial charge in [0.05, 0.1) is 23.6 Å². The molecule has 3 aromatic rings. The van der Waals surface area contributed by atoms with Crippen LogP contribution in [-0.4, -0.2) is 59.5 Å². The molecule has 1 aromatic carbocycles. The summed E-state index contributed by atoms with van der Waals surface area (Å²) < 4.78 is 40.8. The van der Waals surface area contributed by atoms with E-state index in [1.165, 1.54) is 17.3 Å². The molecule has 3 aliphatic heterocycles. The van der Waals surface area contributed by atoms with Crippen LogP contribution in [0.25, 0.3) is 11.1 Å². The number of halogens is 2. The van der Waals surface area contributed by atoms with Crippen molar-refractivity contribution in [1.29, 1.82) is 0 Å². The van der Waals surface area contributed by atoms with E-state index in [0.717, 1.165) is 69.3 Å². The standard InChI is InChI=1S/C28H35F2N7O/c1-4-8-28(29,30)23-15-26-25(14-21(23)19-16-32-35(3)18-19)34(2)10-11-36(26)27-22-17-31-9-5-24(22)37(33-27)20-6-12-38-13-7-20/h4,14-16,18,20,31H,1,5-13,17H2,2-3H3. The molecule has 1 N–H and O–H groups in total. The Labute approximate surface area is 221 Å². The minimum Gasteiger partial charge on any atom is -0.381 e. The molecule has 8 nitrogen and oxygen atoms in total. The van der Waals surface area contributed by atoms with Crippen LogP contribution in [0.15, 0.2) is 37.2 Å². The zero-order chi connectivity index (χ0) is 26.4. The summed E-state index contributed by atoms with van der Waals surface area (Å²) in [5.74, 6) is -2.20. The summed E-state index contributed by atoms with van der Waals surface area (Å²) in [5, 5.41) is 12.9. The SMILES string of the molecule is C=CCC(F)(F)c1cc2c(cc1-c1cnn(C)c1)N(C)CCN2c1nn(C2CCOCC2)c2c1CNCC2. The van der Waals surface area contributed by atoms with Gasteiger partial charge in [0.25, 0.3) is 5.92 Å². The molecule has 6 rings (SSSR count). The number of rotatable bonds is 6. The highest BCUT2D eigenvalue weighted by atomic mass is 19.3. The lowest BCUT2D eigenvalue weighted by Crippen LogP contribution is -2.38. The molecule has 0 radical (unpaired) electrons. The maximum absolute atomic E-state index is 15.7. The molecule has 0 bridgehead atoms. The first-order valence-corrected chi connectivity index (χ1v) is 13.4. The van der Waals surface area contributed by atoms with Gasteiger partial charge in [-0.3, -0.25) is 9.36 Å². The second kappa shape index (κ2) is 9.81. The van der Waals surface area contributed by atoms with E-state index in [0.29, 0.717) is 23.7 Å². The molecular formula is C28H35F2N7O. The van der Waals surface area contributed by atoms with Crippen molar-refractivity contribution in [3.8, 4) is 11.1 Å². The average molecular weight is 524 g/mol. The Hall–Kier alpha value is -3.24. The van der Waals surface area contributed by atoms with Crippen molar-refractivity contribution in [2.75, 3.05) is 49.7 Å². The van der Waals surface area contributed by atoms with Crippen molar-refractivity contribution in [3.63, 3.8) is 0 Å². The van der Waals surface area contributed by atoms with Gasteiger partial charge in [-0.2, -0.15) is 10.2 Å². The number of aromatic nitrogens is 4. The van der Waals surface area contributed by atoms with Gasteiger partial charge in [-0.05, 0) is 30.5 Å². The van der Waals surface area contributed by atoms with E-state index in [9.17, 15) is 0 Å². The molecule has 1 fully saturated rings. The normalized spacial score (nSPS) is 18.4. The quantitative estimate of drug-likeness (QED) is 0.479. The highest BCUT2D eigenvalue weighted by Gasteiger charge is 2.37. The van der Waals surface area contributed by atoms with E-state index in [1.807, 2.05) is 13.1 Å². The van der Waals surface area contributed by atoms with Gasteiger partial charge in [0.1, 0.15) is 0 Å². The fourth-order valence-electron chi connectivity index (χ4n) is 6.01. The number of nitrogens with zero attached hydrogens (tertiary/aromatic N) is 6. The summed E-state index contributed by atoms with van der Waals surface area (Å²) in [7, 11) is 3.81. The summed E-state index contributed by atoms with van der Waals surface area (Å²) in [4.78, 5) is 4.29. The zero-order valence-corrected chi connectivity index (χ0v) is 22.1. The Kier molecular flexibility index (Phi) is 6.47. The molecule has 1 saturated heterocycles. The fourth-order valence-corrected chi connectivity index (χ4v) is 6.01. The molecule has 2 aromatic heterocycles.